The van der Waals surface area contributed by atoms with Gasteiger partial charge in [-0.3, -0.25) is 4.79 Å². The van der Waals surface area contributed by atoms with E-state index in [2.05, 4.69) is 17.0 Å². The van der Waals surface area contributed by atoms with Crippen molar-refractivity contribution in [2.45, 2.75) is 31.6 Å². The fourth-order valence-electron chi connectivity index (χ4n) is 3.07. The SMILES string of the molecule is COc1cc(C)ccc1S(=O)(=O)NC(=O)c1ccc(-n2ccc(OCC3(C)CC3)n2)nc1Cl. The van der Waals surface area contributed by atoms with Crippen LogP contribution in [0.15, 0.2) is 47.5 Å². The van der Waals surface area contributed by atoms with Crippen molar-refractivity contribution in [2.75, 3.05) is 13.7 Å². The molecular weight excluding hydrogens is 468 g/mol. The summed E-state index contributed by atoms with van der Waals surface area (Å²) in [6, 6.07) is 9.15. The Kier molecular flexibility index (Phi) is 6.06. The number of hydrogen-bond acceptors (Lipinski definition) is 7. The van der Waals surface area contributed by atoms with E-state index in [1.54, 1.807) is 31.3 Å². The smallest absolute Gasteiger partial charge is 0.268 e. The van der Waals surface area contributed by atoms with Gasteiger partial charge in [-0.25, -0.2) is 22.8 Å². The van der Waals surface area contributed by atoms with Crippen molar-refractivity contribution >= 4 is 27.5 Å². The molecule has 0 aliphatic heterocycles. The minimum absolute atomic E-state index is 0.0969. The van der Waals surface area contributed by atoms with E-state index in [4.69, 9.17) is 21.1 Å². The number of aromatic nitrogens is 3. The summed E-state index contributed by atoms with van der Waals surface area (Å²) in [7, 11) is -2.85. The zero-order valence-corrected chi connectivity index (χ0v) is 19.9. The molecule has 33 heavy (non-hydrogen) atoms. The maximum atomic E-state index is 12.7. The van der Waals surface area contributed by atoms with Crippen LogP contribution in [0.3, 0.4) is 0 Å². The van der Waals surface area contributed by atoms with Crippen molar-refractivity contribution in [1.29, 1.82) is 0 Å². The molecule has 1 aromatic carbocycles. The summed E-state index contributed by atoms with van der Waals surface area (Å²) in [6.07, 6.45) is 3.94. The number of benzene rings is 1. The molecular formula is C22H23ClN4O5S. The number of pyridine rings is 1. The van der Waals surface area contributed by atoms with Gasteiger partial charge >= 0.3 is 0 Å². The fraction of sp³-hybridized carbons (Fsp3) is 0.318. The summed E-state index contributed by atoms with van der Waals surface area (Å²) in [5, 5.41) is 4.15. The Bertz CT molecular complexity index is 1320. The van der Waals surface area contributed by atoms with E-state index >= 15 is 0 Å². The molecule has 3 aromatic rings. The van der Waals surface area contributed by atoms with E-state index in [0.717, 1.165) is 18.4 Å². The number of ether oxygens (including phenoxy) is 2. The molecule has 9 nitrogen and oxygen atoms in total. The van der Waals surface area contributed by atoms with Gasteiger partial charge in [0.25, 0.3) is 15.9 Å². The second-order valence-electron chi connectivity index (χ2n) is 8.29. The quantitative estimate of drug-likeness (QED) is 0.480. The summed E-state index contributed by atoms with van der Waals surface area (Å²) >= 11 is 6.20. The summed E-state index contributed by atoms with van der Waals surface area (Å²) in [6.45, 7) is 4.55. The van der Waals surface area contributed by atoms with Crippen LogP contribution in [0.1, 0.15) is 35.7 Å². The molecule has 1 fully saturated rings. The topological polar surface area (TPSA) is 112 Å². The highest BCUT2D eigenvalue weighted by molar-refractivity contribution is 7.90. The zero-order valence-electron chi connectivity index (χ0n) is 18.3. The van der Waals surface area contributed by atoms with Gasteiger partial charge < -0.3 is 9.47 Å². The second-order valence-corrected chi connectivity index (χ2v) is 10.3. The summed E-state index contributed by atoms with van der Waals surface area (Å²) in [5.41, 5.74) is 0.942. The Morgan fingerprint density at radius 1 is 1.24 bits per heavy atom. The maximum Gasteiger partial charge on any atom is 0.268 e. The first-order chi connectivity index (χ1) is 15.6. The first kappa shape index (κ1) is 23.1. The molecule has 0 radical (unpaired) electrons. The molecule has 2 aromatic heterocycles. The molecule has 0 spiro atoms. The average molecular weight is 491 g/mol. The third-order valence-corrected chi connectivity index (χ3v) is 7.04. The first-order valence-electron chi connectivity index (χ1n) is 10.2. The van der Waals surface area contributed by atoms with E-state index in [9.17, 15) is 13.2 Å². The van der Waals surface area contributed by atoms with Crippen molar-refractivity contribution in [3.8, 4) is 17.4 Å². The fourth-order valence-corrected chi connectivity index (χ4v) is 4.42. The number of sulfonamides is 1. The van der Waals surface area contributed by atoms with Crippen LogP contribution in [0, 0.1) is 12.3 Å². The van der Waals surface area contributed by atoms with Gasteiger partial charge in [0.2, 0.25) is 5.88 Å². The van der Waals surface area contributed by atoms with Crippen LogP contribution in [-0.4, -0.2) is 42.8 Å². The van der Waals surface area contributed by atoms with Crippen LogP contribution in [0.4, 0.5) is 0 Å². The normalized spacial score (nSPS) is 14.5. The van der Waals surface area contributed by atoms with Crippen LogP contribution >= 0.6 is 11.6 Å². The second kappa shape index (κ2) is 8.68. The van der Waals surface area contributed by atoms with E-state index in [0.29, 0.717) is 18.3 Å². The predicted octanol–water partition coefficient (Wildman–Crippen LogP) is 3.54. The van der Waals surface area contributed by atoms with Crippen LogP contribution in [0.5, 0.6) is 11.6 Å². The van der Waals surface area contributed by atoms with Gasteiger partial charge in [-0.2, -0.15) is 0 Å². The van der Waals surface area contributed by atoms with Gasteiger partial charge in [-0.1, -0.05) is 24.6 Å². The number of aryl methyl sites for hydroxylation is 1. The standard InChI is InChI=1S/C22H23ClN4O5S/c1-14-4-6-17(16(12-14)31-3)33(29,30)26-21(28)15-5-7-18(24-20(15)23)27-11-8-19(25-27)32-13-22(2)9-10-22/h4-8,11-12H,9-10,13H2,1-3H3,(H,26,28). The third-order valence-electron chi connectivity index (χ3n) is 5.39. The van der Waals surface area contributed by atoms with E-state index < -0.39 is 15.9 Å². The monoisotopic (exact) mass is 490 g/mol. The van der Waals surface area contributed by atoms with Gasteiger partial charge in [0.1, 0.15) is 15.8 Å². The van der Waals surface area contributed by atoms with Gasteiger partial charge in [0.15, 0.2) is 5.82 Å². The van der Waals surface area contributed by atoms with Crippen molar-refractivity contribution in [3.63, 3.8) is 0 Å². The molecule has 1 N–H and O–H groups in total. The minimum atomic E-state index is -4.20. The number of hydrogen-bond donors (Lipinski definition) is 1. The van der Waals surface area contributed by atoms with Crippen LogP contribution in [-0.2, 0) is 10.0 Å². The van der Waals surface area contributed by atoms with Gasteiger partial charge in [0, 0.05) is 17.7 Å². The predicted molar refractivity (Wildman–Crippen MR) is 122 cm³/mol. The Morgan fingerprint density at radius 2 is 2.00 bits per heavy atom. The lowest BCUT2D eigenvalue weighted by Gasteiger charge is -2.12. The number of methoxy groups -OCH3 is 1. The summed E-state index contributed by atoms with van der Waals surface area (Å²) < 4.78 is 39.8. The number of carbonyl (C=O) groups is 1. The maximum absolute atomic E-state index is 12.7. The van der Waals surface area contributed by atoms with Crippen LogP contribution in [0.25, 0.3) is 5.82 Å². The Balaban J connectivity index is 1.50. The third kappa shape index (κ3) is 5.12. The van der Waals surface area contributed by atoms with Crippen molar-refractivity contribution in [3.05, 3.63) is 58.9 Å². The molecule has 1 aliphatic rings. The number of nitrogens with zero attached hydrogens (tertiary/aromatic N) is 3. The molecule has 0 unspecified atom stereocenters. The van der Waals surface area contributed by atoms with Gasteiger partial charge in [0.05, 0.1) is 19.3 Å². The highest BCUT2D eigenvalue weighted by Gasteiger charge is 2.38. The molecule has 2 heterocycles. The van der Waals surface area contributed by atoms with Crippen LogP contribution < -0.4 is 14.2 Å². The van der Waals surface area contributed by atoms with E-state index in [-0.39, 0.29) is 26.8 Å². The molecule has 1 amide bonds. The van der Waals surface area contributed by atoms with E-state index in [1.807, 2.05) is 4.72 Å². The largest absolute Gasteiger partial charge is 0.495 e. The average Bonchev–Trinajstić information content (AvgIpc) is 3.31. The number of carbonyl (C=O) groups excluding carboxylic acids is 1. The Labute approximate surface area is 196 Å². The van der Waals surface area contributed by atoms with Gasteiger partial charge in [-0.05, 0) is 49.6 Å². The molecule has 4 rings (SSSR count). The lowest BCUT2D eigenvalue weighted by molar-refractivity contribution is 0.0981. The lowest BCUT2D eigenvalue weighted by Crippen LogP contribution is -2.31. The Hall–Kier alpha value is -3.11. The number of amides is 1. The molecule has 11 heteroatoms. The Morgan fingerprint density at radius 3 is 2.67 bits per heavy atom. The van der Waals surface area contributed by atoms with E-state index in [1.165, 1.54) is 30.0 Å². The number of nitrogens with one attached hydrogen (secondary N) is 1. The molecule has 0 saturated heterocycles. The zero-order chi connectivity index (χ0) is 23.8. The summed E-state index contributed by atoms with van der Waals surface area (Å²) in [4.78, 5) is 16.7. The van der Waals surface area contributed by atoms with Crippen molar-refractivity contribution < 1.29 is 22.7 Å². The van der Waals surface area contributed by atoms with Crippen LogP contribution in [0.2, 0.25) is 5.15 Å². The van der Waals surface area contributed by atoms with Crippen molar-refractivity contribution in [2.24, 2.45) is 5.41 Å². The molecule has 0 atom stereocenters. The molecule has 1 aliphatic carbocycles. The minimum Gasteiger partial charge on any atom is -0.495 e. The summed E-state index contributed by atoms with van der Waals surface area (Å²) in [5.74, 6) is 0.0270. The molecule has 174 valence electrons. The van der Waals surface area contributed by atoms with Gasteiger partial charge in [-0.15, -0.1) is 5.10 Å². The highest BCUT2D eigenvalue weighted by atomic mass is 35.5. The highest BCUT2D eigenvalue weighted by Crippen LogP contribution is 2.44. The molecule has 1 saturated carbocycles. The van der Waals surface area contributed by atoms with Crippen molar-refractivity contribution in [1.82, 2.24) is 19.5 Å². The first-order valence-corrected chi connectivity index (χ1v) is 12.0. The lowest BCUT2D eigenvalue weighted by atomic mass is 10.2. The molecule has 0 bridgehead atoms. The number of rotatable bonds is 8. The number of halogens is 1.